The summed E-state index contributed by atoms with van der Waals surface area (Å²) >= 11 is 0. The molecule has 0 amide bonds. The van der Waals surface area contributed by atoms with Crippen LogP contribution in [0.4, 0.5) is 0 Å². The van der Waals surface area contributed by atoms with Crippen LogP contribution in [0, 0.1) is 0 Å². The zero-order valence-electron chi connectivity index (χ0n) is 8.80. The minimum absolute atomic E-state index is 0.423. The lowest BCUT2D eigenvalue weighted by Gasteiger charge is -2.32. The Morgan fingerprint density at radius 3 is 2.94 bits per heavy atom. The fourth-order valence-corrected chi connectivity index (χ4v) is 5.53. The van der Waals surface area contributed by atoms with Gasteiger partial charge in [0, 0.05) is 8.88 Å². The molecule has 3 atom stereocenters. The lowest BCUT2D eigenvalue weighted by atomic mass is 10.3. The van der Waals surface area contributed by atoms with Crippen LogP contribution in [0.1, 0.15) is 6.92 Å². The molecule has 0 bridgehead atoms. The highest BCUT2D eigenvalue weighted by Crippen LogP contribution is 2.51. The molecule has 2 N–H and O–H groups in total. The molecule has 0 spiro atoms. The third-order valence-corrected chi connectivity index (χ3v) is 5.92. The Balaban J connectivity index is 1.96. The molecule has 5 nitrogen and oxygen atoms in total. The number of hydrogen-bond donors (Lipinski definition) is 2. The van der Waals surface area contributed by atoms with Gasteiger partial charge in [0.1, 0.15) is 5.75 Å². The van der Waals surface area contributed by atoms with Gasteiger partial charge in [-0.15, -0.1) is 0 Å². The predicted molar refractivity (Wildman–Crippen MR) is 70.4 cm³/mol. The van der Waals surface area contributed by atoms with Gasteiger partial charge >= 0.3 is 0 Å². The predicted octanol–water partition coefficient (Wildman–Crippen LogP) is 2.76. The molecule has 1 saturated heterocycles. The second kappa shape index (κ2) is 6.78. The fraction of sp³-hybridized carbons (Fsp3) is 0.250. The average molecular weight is 277 g/mol. The Bertz CT molecular complexity index is 315. The standard InChI is InChI=1S/C8H14N3O2P3/c1-2-12-16-10-14-9-15-11(16)13-8-6-4-3-5-7-8/h3-7,9-10,14-15H,2H2,1H3. The summed E-state index contributed by atoms with van der Waals surface area (Å²) in [6.07, 6.45) is 0. The molecule has 16 heavy (non-hydrogen) atoms. The number of para-hydroxylation sites is 1. The van der Waals surface area contributed by atoms with Crippen molar-refractivity contribution in [2.45, 2.75) is 6.92 Å². The van der Waals surface area contributed by atoms with Gasteiger partial charge in [0.15, 0.2) is 0 Å². The van der Waals surface area contributed by atoms with Gasteiger partial charge < -0.3 is 9.36 Å². The quantitative estimate of drug-likeness (QED) is 0.829. The smallest absolute Gasteiger partial charge is 0.230 e. The van der Waals surface area contributed by atoms with Crippen molar-refractivity contribution >= 4 is 26.2 Å². The molecule has 0 saturated carbocycles. The van der Waals surface area contributed by atoms with E-state index in [1.807, 2.05) is 41.9 Å². The summed E-state index contributed by atoms with van der Waals surface area (Å²) in [7, 11) is 0.121. The summed E-state index contributed by atoms with van der Waals surface area (Å²) in [5.41, 5.74) is 0. The van der Waals surface area contributed by atoms with Crippen LogP contribution in [-0.2, 0) is 4.52 Å². The van der Waals surface area contributed by atoms with E-state index in [4.69, 9.17) is 9.36 Å². The second-order valence-electron chi connectivity index (χ2n) is 2.84. The molecule has 0 radical (unpaired) electrons. The van der Waals surface area contributed by atoms with E-state index in [2.05, 4.69) is 9.72 Å². The number of benzene rings is 1. The number of nitrogens with zero attached hydrogens (tertiary/aromatic N) is 1. The lowest BCUT2D eigenvalue weighted by molar-refractivity contribution is 0.122. The maximum atomic E-state index is 5.75. The van der Waals surface area contributed by atoms with Crippen molar-refractivity contribution in [3.05, 3.63) is 30.3 Å². The van der Waals surface area contributed by atoms with E-state index in [1.165, 1.54) is 0 Å². The van der Waals surface area contributed by atoms with Gasteiger partial charge in [-0.1, -0.05) is 18.2 Å². The lowest BCUT2D eigenvalue weighted by Crippen LogP contribution is -2.26. The summed E-state index contributed by atoms with van der Waals surface area (Å²) in [6.45, 7) is 2.67. The Hall–Kier alpha value is 0.150. The van der Waals surface area contributed by atoms with Gasteiger partial charge in [-0.2, -0.15) is 0 Å². The molecule has 1 heterocycles. The molecule has 8 heteroatoms. The van der Waals surface area contributed by atoms with Crippen LogP contribution in [0.5, 0.6) is 5.75 Å². The van der Waals surface area contributed by atoms with Crippen molar-refractivity contribution in [2.75, 3.05) is 6.61 Å². The highest BCUT2D eigenvalue weighted by molar-refractivity contribution is 7.70. The van der Waals surface area contributed by atoms with E-state index in [0.717, 1.165) is 5.75 Å². The second-order valence-corrected chi connectivity index (χ2v) is 7.16. The van der Waals surface area contributed by atoms with Crippen molar-refractivity contribution in [2.24, 2.45) is 0 Å². The molecule has 1 aromatic rings. The molecule has 88 valence electrons. The van der Waals surface area contributed by atoms with E-state index >= 15 is 0 Å². The molecule has 1 aromatic carbocycles. The minimum atomic E-state index is -0.836. The zero-order valence-corrected chi connectivity index (χ0v) is 11.7. The van der Waals surface area contributed by atoms with Gasteiger partial charge in [0.05, 0.1) is 15.5 Å². The van der Waals surface area contributed by atoms with Crippen LogP contribution in [-0.4, -0.2) is 11.2 Å². The van der Waals surface area contributed by atoms with Crippen LogP contribution in [0.15, 0.2) is 30.3 Å². The molecular weight excluding hydrogens is 263 g/mol. The maximum absolute atomic E-state index is 5.75. The summed E-state index contributed by atoms with van der Waals surface area (Å²) in [5, 5.41) is 0. The van der Waals surface area contributed by atoms with Crippen molar-refractivity contribution in [1.82, 2.24) is 14.3 Å². The van der Waals surface area contributed by atoms with Crippen LogP contribution < -0.4 is 14.6 Å². The van der Waals surface area contributed by atoms with Crippen LogP contribution in [0.3, 0.4) is 0 Å². The van der Waals surface area contributed by atoms with Crippen molar-refractivity contribution in [3.8, 4) is 5.75 Å². The summed E-state index contributed by atoms with van der Waals surface area (Å²) < 4.78 is 7.43. The molecule has 2 rings (SSSR count). The van der Waals surface area contributed by atoms with E-state index in [9.17, 15) is 0 Å². The third-order valence-electron chi connectivity index (χ3n) is 1.72. The Kier molecular flexibility index (Phi) is 5.34. The van der Waals surface area contributed by atoms with Gasteiger partial charge in [0.2, 0.25) is 8.45 Å². The van der Waals surface area contributed by atoms with Crippen molar-refractivity contribution in [3.63, 3.8) is 0 Å². The van der Waals surface area contributed by atoms with E-state index < -0.39 is 8.45 Å². The van der Waals surface area contributed by atoms with Gasteiger partial charge in [0.25, 0.3) is 0 Å². The molecule has 1 aliphatic heterocycles. The topological polar surface area (TPSA) is 45.8 Å². The Morgan fingerprint density at radius 2 is 2.19 bits per heavy atom. The fourth-order valence-electron chi connectivity index (χ4n) is 1.09. The monoisotopic (exact) mass is 277 g/mol. The molecule has 0 aromatic heterocycles. The first-order chi connectivity index (χ1) is 7.90. The summed E-state index contributed by atoms with van der Waals surface area (Å²) in [6, 6.07) is 9.73. The normalized spacial score (nSPS) is 24.9. The van der Waals surface area contributed by atoms with Crippen LogP contribution in [0.2, 0.25) is 0 Å². The largest absolute Gasteiger partial charge is 0.394 e. The molecule has 3 unspecified atom stereocenters. The van der Waals surface area contributed by atoms with E-state index in [1.54, 1.807) is 0 Å². The summed E-state index contributed by atoms with van der Waals surface area (Å²) in [5.74, 6) is 0.830. The third kappa shape index (κ3) is 3.58. The molecule has 1 aliphatic rings. The number of rotatable bonds is 4. The molecule has 1 fully saturated rings. The van der Waals surface area contributed by atoms with Crippen LogP contribution >= 0.6 is 26.2 Å². The Labute approximate surface area is 99.9 Å². The molecular formula is C8H14N3O2P3. The highest BCUT2D eigenvalue weighted by Gasteiger charge is 2.25. The van der Waals surface area contributed by atoms with Crippen molar-refractivity contribution in [1.29, 1.82) is 0 Å². The number of nitrogens with one attached hydrogen (secondary N) is 2. The van der Waals surface area contributed by atoms with E-state index in [0.29, 0.717) is 24.4 Å². The maximum Gasteiger partial charge on any atom is 0.230 e. The molecule has 0 aliphatic carbocycles. The van der Waals surface area contributed by atoms with Gasteiger partial charge in [-0.3, -0.25) is 4.86 Å². The Morgan fingerprint density at radius 1 is 1.38 bits per heavy atom. The zero-order chi connectivity index (χ0) is 11.2. The first-order valence-electron chi connectivity index (χ1n) is 4.87. The first kappa shape index (κ1) is 12.6. The van der Waals surface area contributed by atoms with Crippen molar-refractivity contribution < 1.29 is 9.36 Å². The average Bonchev–Trinajstić information content (AvgIpc) is 2.33. The summed E-state index contributed by atoms with van der Waals surface area (Å²) in [4.78, 5) is 12.2. The van der Waals surface area contributed by atoms with E-state index in [-0.39, 0.29) is 0 Å². The SMILES string of the molecule is CCOP1NPNPN1Oc1ccccc1. The highest BCUT2D eigenvalue weighted by atomic mass is 31.2. The minimum Gasteiger partial charge on any atom is -0.394 e. The first-order valence-corrected chi connectivity index (χ1v) is 8.03. The van der Waals surface area contributed by atoms with Gasteiger partial charge in [-0.05, 0) is 23.7 Å². The number of hydrogen-bond acceptors (Lipinski definition) is 5. The van der Waals surface area contributed by atoms with Gasteiger partial charge in [-0.25, -0.2) is 4.86 Å². The van der Waals surface area contributed by atoms with Crippen LogP contribution in [0.25, 0.3) is 0 Å².